The Kier molecular flexibility index (Phi) is 10.7. The second-order valence-electron chi connectivity index (χ2n) is 9.24. The van der Waals surface area contributed by atoms with Gasteiger partial charge in [-0.05, 0) is 36.4 Å². The summed E-state index contributed by atoms with van der Waals surface area (Å²) >= 11 is 1.40. The summed E-state index contributed by atoms with van der Waals surface area (Å²) < 4.78 is 102. The third-order valence-electron chi connectivity index (χ3n) is 5.27. The van der Waals surface area contributed by atoms with E-state index in [-0.39, 0.29) is 34.9 Å². The minimum absolute atomic E-state index is 0.0733. The third kappa shape index (κ3) is 9.45. The van der Waals surface area contributed by atoms with E-state index in [0.717, 1.165) is 17.3 Å². The third-order valence-corrected chi connectivity index (χ3v) is 8.84. The largest absolute Gasteiger partial charge is 0.490 e. The molecule has 0 bridgehead atoms. The Hall–Kier alpha value is -4.10. The monoisotopic (exact) mass is 679 g/mol. The van der Waals surface area contributed by atoms with Gasteiger partial charge in [0.05, 0.1) is 39.0 Å². The van der Waals surface area contributed by atoms with E-state index in [4.69, 9.17) is 19.3 Å². The van der Waals surface area contributed by atoms with E-state index in [9.17, 15) is 34.4 Å². The summed E-state index contributed by atoms with van der Waals surface area (Å²) in [6, 6.07) is 8.40. The van der Waals surface area contributed by atoms with Crippen LogP contribution in [0.1, 0.15) is 24.8 Å². The summed E-state index contributed by atoms with van der Waals surface area (Å²) in [4.78, 5) is 23.0. The number of hydrogen-bond acceptors (Lipinski definition) is 11. The van der Waals surface area contributed by atoms with Gasteiger partial charge in [0.25, 0.3) is 10.0 Å². The SMILES string of the molecule is CC(C)c1nc(-c2ccc(F)c(NS(=O)(=O)c3ccco3)c2)c(-c2ccnc(NCCS(C)(=O)=O)n2)s1.O=C(O)C(F)(F)F. The van der Waals surface area contributed by atoms with E-state index in [1.807, 2.05) is 13.8 Å². The van der Waals surface area contributed by atoms with Gasteiger partial charge in [-0.1, -0.05) is 13.8 Å². The van der Waals surface area contributed by atoms with Crippen molar-refractivity contribution >= 4 is 48.8 Å². The van der Waals surface area contributed by atoms with Crippen LogP contribution in [-0.2, 0) is 24.7 Å². The Morgan fingerprint density at radius 2 is 1.80 bits per heavy atom. The molecule has 0 aliphatic rings. The van der Waals surface area contributed by atoms with Gasteiger partial charge < -0.3 is 14.8 Å². The Labute approximate surface area is 253 Å². The van der Waals surface area contributed by atoms with Gasteiger partial charge in [0, 0.05) is 30.5 Å². The van der Waals surface area contributed by atoms with Gasteiger partial charge in [-0.25, -0.2) is 32.6 Å². The van der Waals surface area contributed by atoms with Crippen LogP contribution in [0.3, 0.4) is 0 Å². The smallest absolute Gasteiger partial charge is 0.475 e. The van der Waals surface area contributed by atoms with Crippen LogP contribution < -0.4 is 10.0 Å². The van der Waals surface area contributed by atoms with Crippen LogP contribution in [0.2, 0.25) is 0 Å². The zero-order chi connectivity index (χ0) is 32.9. The van der Waals surface area contributed by atoms with Crippen molar-refractivity contribution in [1.29, 1.82) is 0 Å². The first-order valence-corrected chi connectivity index (χ1v) is 16.7. The molecule has 0 fully saturated rings. The number of sulfonamides is 1. The Balaban J connectivity index is 0.000000676. The molecule has 44 heavy (non-hydrogen) atoms. The quantitative estimate of drug-likeness (QED) is 0.192. The van der Waals surface area contributed by atoms with Crippen molar-refractivity contribution in [2.24, 2.45) is 0 Å². The maximum atomic E-state index is 14.6. The van der Waals surface area contributed by atoms with Crippen molar-refractivity contribution in [3.8, 4) is 21.8 Å². The van der Waals surface area contributed by atoms with E-state index in [1.165, 1.54) is 48.1 Å². The lowest BCUT2D eigenvalue weighted by Crippen LogP contribution is -2.21. The van der Waals surface area contributed by atoms with Crippen molar-refractivity contribution < 1.29 is 48.7 Å². The number of thiazole rings is 1. The number of nitrogens with one attached hydrogen (secondary N) is 2. The molecule has 3 aromatic heterocycles. The maximum Gasteiger partial charge on any atom is 0.490 e. The zero-order valence-corrected chi connectivity index (χ0v) is 25.5. The molecule has 1 aromatic carbocycles. The summed E-state index contributed by atoms with van der Waals surface area (Å²) in [7, 11) is -7.29. The molecule has 19 heteroatoms. The fourth-order valence-electron chi connectivity index (χ4n) is 3.23. The molecule has 0 radical (unpaired) electrons. The molecule has 3 N–H and O–H groups in total. The van der Waals surface area contributed by atoms with E-state index >= 15 is 0 Å². The second kappa shape index (κ2) is 13.7. The Bertz CT molecular complexity index is 1830. The number of carbonyl (C=O) groups is 1. The number of alkyl halides is 3. The molecule has 0 aliphatic heterocycles. The maximum absolute atomic E-state index is 14.6. The van der Waals surface area contributed by atoms with Crippen molar-refractivity contribution in [2.75, 3.05) is 28.6 Å². The molecule has 4 rings (SSSR count). The number of carboxylic acid groups (broad SMARTS) is 1. The molecule has 238 valence electrons. The first kappa shape index (κ1) is 34.4. The molecule has 0 saturated carbocycles. The number of aromatic nitrogens is 3. The first-order chi connectivity index (χ1) is 20.4. The minimum atomic E-state index is -5.08. The minimum Gasteiger partial charge on any atom is -0.475 e. The summed E-state index contributed by atoms with van der Waals surface area (Å²) in [5, 5.41) is 10.5. The second-order valence-corrected chi connectivity index (χ2v) is 14.1. The Morgan fingerprint density at radius 1 is 1.11 bits per heavy atom. The van der Waals surface area contributed by atoms with Crippen LogP contribution in [0.15, 0.2) is 58.4 Å². The van der Waals surface area contributed by atoms with E-state index in [1.54, 1.807) is 6.07 Å². The van der Waals surface area contributed by atoms with Crippen molar-refractivity contribution in [3.05, 3.63) is 59.7 Å². The highest BCUT2D eigenvalue weighted by Gasteiger charge is 2.38. The van der Waals surface area contributed by atoms with Crippen LogP contribution in [0.5, 0.6) is 0 Å². The summed E-state index contributed by atoms with van der Waals surface area (Å²) in [6.07, 6.45) is -1.19. The zero-order valence-electron chi connectivity index (χ0n) is 23.1. The van der Waals surface area contributed by atoms with E-state index in [2.05, 4.69) is 20.0 Å². The van der Waals surface area contributed by atoms with Crippen molar-refractivity contribution in [3.63, 3.8) is 0 Å². The van der Waals surface area contributed by atoms with Crippen LogP contribution >= 0.6 is 11.3 Å². The highest BCUT2D eigenvalue weighted by molar-refractivity contribution is 7.92. The van der Waals surface area contributed by atoms with Gasteiger partial charge in [0.15, 0.2) is 0 Å². The number of sulfone groups is 1. The van der Waals surface area contributed by atoms with Gasteiger partial charge in [0.1, 0.15) is 15.7 Å². The lowest BCUT2D eigenvalue weighted by molar-refractivity contribution is -0.192. The molecule has 3 heterocycles. The molecule has 12 nitrogen and oxygen atoms in total. The number of carboxylic acids is 1. The van der Waals surface area contributed by atoms with Gasteiger partial charge in [0.2, 0.25) is 11.0 Å². The number of aliphatic carboxylic acids is 1. The average Bonchev–Trinajstić information content (AvgIpc) is 3.61. The van der Waals surface area contributed by atoms with Gasteiger partial charge >= 0.3 is 12.1 Å². The first-order valence-electron chi connectivity index (χ1n) is 12.3. The summed E-state index contributed by atoms with van der Waals surface area (Å²) in [5.74, 6) is -3.26. The molecule has 0 saturated heterocycles. The predicted octanol–water partition coefficient (Wildman–Crippen LogP) is 5.01. The molecule has 0 aliphatic carbocycles. The summed E-state index contributed by atoms with van der Waals surface area (Å²) in [5.41, 5.74) is 1.23. The summed E-state index contributed by atoms with van der Waals surface area (Å²) in [6.45, 7) is 4.11. The molecule has 0 spiro atoms. The molecule has 4 aromatic rings. The molecular weight excluding hydrogens is 654 g/mol. The number of halogens is 4. The number of furan rings is 1. The molecule has 0 unspecified atom stereocenters. The number of hydrogen-bond donors (Lipinski definition) is 3. The fourth-order valence-corrected chi connectivity index (χ4v) is 5.75. The van der Waals surface area contributed by atoms with Crippen LogP contribution in [0, 0.1) is 5.82 Å². The molecular formula is C25H25F4N5O7S3. The van der Waals surface area contributed by atoms with E-state index in [0.29, 0.717) is 21.8 Å². The Morgan fingerprint density at radius 3 is 2.36 bits per heavy atom. The normalized spacial score (nSPS) is 12.0. The topological polar surface area (TPSA) is 181 Å². The van der Waals surface area contributed by atoms with Crippen molar-refractivity contribution in [1.82, 2.24) is 15.0 Å². The van der Waals surface area contributed by atoms with Gasteiger partial charge in [-0.15, -0.1) is 11.3 Å². The predicted molar refractivity (Wildman–Crippen MR) is 154 cm³/mol. The lowest BCUT2D eigenvalue weighted by Gasteiger charge is -2.10. The fraction of sp³-hybridized carbons (Fsp3) is 0.280. The molecule has 0 atom stereocenters. The number of rotatable bonds is 10. The standard InChI is InChI=1S/C23H24FN5O5S3.C2HF3O2/c1-14(2)22-28-20(21(35-22)17-8-9-25-23(27-17)26-10-12-36(3,30)31)15-6-7-16(24)18(13-15)29-37(32,33)19-5-4-11-34-19;3-2(4,5)1(6)7/h4-9,11,13-14,29H,10,12H2,1-3H3,(H,25,26,27);(H,6,7). The number of benzene rings is 1. The highest BCUT2D eigenvalue weighted by atomic mass is 32.2. The average molecular weight is 680 g/mol. The van der Waals surface area contributed by atoms with Crippen LogP contribution in [-0.4, -0.2) is 67.6 Å². The van der Waals surface area contributed by atoms with Crippen LogP contribution in [0.25, 0.3) is 21.8 Å². The van der Waals surface area contributed by atoms with Gasteiger partial charge in [-0.2, -0.15) is 21.6 Å². The van der Waals surface area contributed by atoms with E-state index < -0.39 is 37.8 Å². The molecule has 0 amide bonds. The van der Waals surface area contributed by atoms with Crippen LogP contribution in [0.4, 0.5) is 29.2 Å². The lowest BCUT2D eigenvalue weighted by atomic mass is 10.1. The van der Waals surface area contributed by atoms with Crippen molar-refractivity contribution in [2.45, 2.75) is 31.0 Å². The highest BCUT2D eigenvalue weighted by Crippen LogP contribution is 2.39. The number of nitrogens with zero attached hydrogens (tertiary/aromatic N) is 3. The number of anilines is 2. The van der Waals surface area contributed by atoms with Gasteiger partial charge in [-0.3, -0.25) is 4.72 Å².